The van der Waals surface area contributed by atoms with Gasteiger partial charge in [0.2, 0.25) is 5.82 Å². The summed E-state index contributed by atoms with van der Waals surface area (Å²) in [5, 5.41) is 3.17. The van der Waals surface area contributed by atoms with Crippen LogP contribution in [-0.4, -0.2) is 14.7 Å². The molecule has 25 heavy (non-hydrogen) atoms. The predicted molar refractivity (Wildman–Crippen MR) is 74.5 cm³/mol. The zero-order chi connectivity index (χ0) is 18.2. The fraction of sp³-hybridized carbons (Fsp3) is 0.133. The van der Waals surface area contributed by atoms with Crippen LogP contribution in [0.3, 0.4) is 0 Å². The standard InChI is InChI=1S/C15H8F5N3O2/c16-10-3-1-2-9(12(10)17)7-23-5-4-8(6-11(23)24)13-21-14(25-22-13)15(18,19)20/h1-6H,7H2. The molecule has 0 fully saturated rings. The maximum Gasteiger partial charge on any atom is 0.471 e. The van der Waals surface area contributed by atoms with Crippen molar-refractivity contribution in [2.75, 3.05) is 0 Å². The van der Waals surface area contributed by atoms with Gasteiger partial charge in [-0.05, 0) is 12.1 Å². The van der Waals surface area contributed by atoms with Crippen LogP contribution >= 0.6 is 0 Å². The number of benzene rings is 1. The summed E-state index contributed by atoms with van der Waals surface area (Å²) in [6.45, 7) is -0.247. The zero-order valence-corrected chi connectivity index (χ0v) is 12.2. The molecule has 1 aromatic carbocycles. The van der Waals surface area contributed by atoms with Crippen LogP contribution in [0.4, 0.5) is 22.0 Å². The lowest BCUT2D eigenvalue weighted by molar-refractivity contribution is -0.159. The molecule has 0 radical (unpaired) electrons. The summed E-state index contributed by atoms with van der Waals surface area (Å²) < 4.78 is 69.3. The third-order valence-corrected chi connectivity index (χ3v) is 3.30. The Morgan fingerprint density at radius 2 is 1.92 bits per heavy atom. The molecular weight excluding hydrogens is 349 g/mol. The fourth-order valence-corrected chi connectivity index (χ4v) is 2.09. The molecule has 0 atom stereocenters. The zero-order valence-electron chi connectivity index (χ0n) is 12.2. The van der Waals surface area contributed by atoms with E-state index in [9.17, 15) is 26.7 Å². The molecule has 3 aromatic rings. The number of nitrogens with zero attached hydrogens (tertiary/aromatic N) is 3. The van der Waals surface area contributed by atoms with Crippen LogP contribution in [0, 0.1) is 11.6 Å². The number of hydrogen-bond acceptors (Lipinski definition) is 4. The molecule has 0 aliphatic rings. The number of aromatic nitrogens is 3. The van der Waals surface area contributed by atoms with Crippen LogP contribution in [0.15, 0.2) is 45.8 Å². The van der Waals surface area contributed by atoms with Gasteiger partial charge in [0.25, 0.3) is 5.56 Å². The lowest BCUT2D eigenvalue weighted by Crippen LogP contribution is -2.20. The van der Waals surface area contributed by atoms with Gasteiger partial charge in [0.05, 0.1) is 6.54 Å². The molecule has 0 N–H and O–H groups in total. The monoisotopic (exact) mass is 357 g/mol. The predicted octanol–water partition coefficient (Wildman–Crippen LogP) is 3.24. The highest BCUT2D eigenvalue weighted by Gasteiger charge is 2.38. The van der Waals surface area contributed by atoms with Crippen molar-refractivity contribution in [2.24, 2.45) is 0 Å². The highest BCUT2D eigenvalue weighted by atomic mass is 19.4. The van der Waals surface area contributed by atoms with Gasteiger partial charge in [0, 0.05) is 23.4 Å². The van der Waals surface area contributed by atoms with Crippen molar-refractivity contribution in [3.05, 3.63) is 70.0 Å². The Morgan fingerprint density at radius 3 is 2.56 bits per heavy atom. The first-order valence-electron chi connectivity index (χ1n) is 6.80. The van der Waals surface area contributed by atoms with Gasteiger partial charge >= 0.3 is 12.1 Å². The van der Waals surface area contributed by atoms with E-state index in [2.05, 4.69) is 14.7 Å². The Morgan fingerprint density at radius 1 is 1.16 bits per heavy atom. The molecule has 5 nitrogen and oxygen atoms in total. The van der Waals surface area contributed by atoms with Gasteiger partial charge in [-0.2, -0.15) is 18.2 Å². The Bertz CT molecular complexity index is 978. The third-order valence-electron chi connectivity index (χ3n) is 3.30. The van der Waals surface area contributed by atoms with E-state index in [1.807, 2.05) is 0 Å². The molecule has 10 heteroatoms. The average molecular weight is 357 g/mol. The molecule has 130 valence electrons. The minimum atomic E-state index is -4.80. The van der Waals surface area contributed by atoms with Gasteiger partial charge in [-0.3, -0.25) is 4.79 Å². The van der Waals surface area contributed by atoms with Crippen LogP contribution in [0.25, 0.3) is 11.4 Å². The molecule has 3 rings (SSSR count). The molecule has 0 aliphatic heterocycles. The van der Waals surface area contributed by atoms with Crippen LogP contribution < -0.4 is 5.56 Å². The minimum absolute atomic E-state index is 0.000198. The van der Waals surface area contributed by atoms with Gasteiger partial charge in [0.15, 0.2) is 11.6 Å². The Labute approximate surface area is 136 Å². The second-order valence-corrected chi connectivity index (χ2v) is 5.02. The summed E-state index contributed by atoms with van der Waals surface area (Å²) in [7, 11) is 0. The van der Waals surface area contributed by atoms with Crippen LogP contribution in [0.2, 0.25) is 0 Å². The van der Waals surface area contributed by atoms with Crippen LogP contribution in [0.5, 0.6) is 0 Å². The molecule has 0 aliphatic carbocycles. The average Bonchev–Trinajstić information content (AvgIpc) is 3.04. The molecular formula is C15H8F5N3O2. The first-order chi connectivity index (χ1) is 11.8. The first-order valence-corrected chi connectivity index (χ1v) is 6.80. The molecule has 2 heterocycles. The van der Waals surface area contributed by atoms with Gasteiger partial charge in [-0.1, -0.05) is 17.3 Å². The number of rotatable bonds is 3. The maximum absolute atomic E-state index is 13.6. The minimum Gasteiger partial charge on any atom is -0.329 e. The number of hydrogen-bond donors (Lipinski definition) is 0. The Hall–Kier alpha value is -3.04. The van der Waals surface area contributed by atoms with E-state index in [0.29, 0.717) is 0 Å². The molecule has 0 saturated carbocycles. The molecule has 2 aromatic heterocycles. The van der Waals surface area contributed by atoms with Gasteiger partial charge < -0.3 is 9.09 Å². The Kier molecular flexibility index (Phi) is 4.11. The van der Waals surface area contributed by atoms with Crippen molar-refractivity contribution in [3.63, 3.8) is 0 Å². The number of alkyl halides is 3. The topological polar surface area (TPSA) is 60.9 Å². The highest BCUT2D eigenvalue weighted by Crippen LogP contribution is 2.29. The van der Waals surface area contributed by atoms with E-state index in [4.69, 9.17) is 0 Å². The van der Waals surface area contributed by atoms with Crippen molar-refractivity contribution in [2.45, 2.75) is 12.7 Å². The van der Waals surface area contributed by atoms with E-state index >= 15 is 0 Å². The smallest absolute Gasteiger partial charge is 0.329 e. The van der Waals surface area contributed by atoms with Gasteiger partial charge in [-0.25, -0.2) is 8.78 Å². The normalized spacial score (nSPS) is 11.7. The maximum atomic E-state index is 13.6. The van der Waals surface area contributed by atoms with Crippen LogP contribution in [-0.2, 0) is 12.7 Å². The fourth-order valence-electron chi connectivity index (χ4n) is 2.09. The lowest BCUT2D eigenvalue weighted by Gasteiger charge is -2.07. The quantitative estimate of drug-likeness (QED) is 0.675. The van der Waals surface area contributed by atoms with Crippen molar-refractivity contribution in [1.29, 1.82) is 0 Å². The summed E-state index contributed by atoms with van der Waals surface area (Å²) in [6.07, 6.45) is -3.58. The second-order valence-electron chi connectivity index (χ2n) is 5.02. The highest BCUT2D eigenvalue weighted by molar-refractivity contribution is 5.52. The van der Waals surface area contributed by atoms with E-state index in [1.54, 1.807) is 0 Å². The second kappa shape index (κ2) is 6.11. The number of pyridine rings is 1. The van der Waals surface area contributed by atoms with Crippen molar-refractivity contribution >= 4 is 0 Å². The SMILES string of the molecule is O=c1cc(-c2noc(C(F)(F)F)n2)ccn1Cc1cccc(F)c1F. The molecule has 0 saturated heterocycles. The molecule has 0 bridgehead atoms. The lowest BCUT2D eigenvalue weighted by atomic mass is 10.2. The summed E-state index contributed by atoms with van der Waals surface area (Å²) in [5.41, 5.74) is -0.700. The molecule has 0 amide bonds. The summed E-state index contributed by atoms with van der Waals surface area (Å²) in [4.78, 5) is 15.2. The summed E-state index contributed by atoms with van der Waals surface area (Å²) >= 11 is 0. The Balaban J connectivity index is 1.90. The largest absolute Gasteiger partial charge is 0.471 e. The van der Waals surface area contributed by atoms with Crippen molar-refractivity contribution in [1.82, 2.24) is 14.7 Å². The summed E-state index contributed by atoms with van der Waals surface area (Å²) in [5.74, 6) is -4.07. The first kappa shape index (κ1) is 16.8. The van der Waals surface area contributed by atoms with Crippen molar-refractivity contribution < 1.29 is 26.5 Å². The van der Waals surface area contributed by atoms with E-state index in [1.165, 1.54) is 24.4 Å². The van der Waals surface area contributed by atoms with Gasteiger partial charge in [-0.15, -0.1) is 0 Å². The molecule has 0 spiro atoms. The van der Waals surface area contributed by atoms with Crippen LogP contribution in [0.1, 0.15) is 11.5 Å². The van der Waals surface area contributed by atoms with E-state index in [-0.39, 0.29) is 17.7 Å². The number of halogens is 5. The third kappa shape index (κ3) is 3.42. The van der Waals surface area contributed by atoms with E-state index < -0.39 is 35.1 Å². The molecule has 0 unspecified atom stereocenters. The summed E-state index contributed by atoms with van der Waals surface area (Å²) in [6, 6.07) is 5.80. The van der Waals surface area contributed by atoms with Gasteiger partial charge in [0.1, 0.15) is 0 Å². The van der Waals surface area contributed by atoms with E-state index in [0.717, 1.165) is 16.7 Å². The van der Waals surface area contributed by atoms with Crippen molar-refractivity contribution in [3.8, 4) is 11.4 Å².